The van der Waals surface area contributed by atoms with Crippen molar-refractivity contribution in [3.05, 3.63) is 0 Å². The van der Waals surface area contributed by atoms with Gasteiger partial charge in [0, 0.05) is 5.54 Å². The van der Waals surface area contributed by atoms with Gasteiger partial charge in [-0.3, -0.25) is 4.79 Å². The molecule has 1 N–H and O–H groups in total. The van der Waals surface area contributed by atoms with Crippen LogP contribution in [-0.2, 0) is 9.53 Å². The Morgan fingerprint density at radius 1 is 1.35 bits per heavy atom. The lowest BCUT2D eigenvalue weighted by molar-refractivity contribution is -0.145. The van der Waals surface area contributed by atoms with E-state index in [1.165, 1.54) is 0 Å². The Hall–Kier alpha value is -0.610. The first kappa shape index (κ1) is 14.5. The van der Waals surface area contributed by atoms with Gasteiger partial charge in [-0.15, -0.1) is 0 Å². The molecule has 1 rings (SSSR count). The zero-order chi connectivity index (χ0) is 12.7. The highest BCUT2D eigenvalue weighted by Crippen LogP contribution is 2.25. The lowest BCUT2D eigenvalue weighted by Crippen LogP contribution is -2.54. The average Bonchev–Trinajstić information content (AvgIpc) is 2.31. The summed E-state index contributed by atoms with van der Waals surface area (Å²) in [6.07, 6.45) is 3.67. The molecule has 0 radical (unpaired) electrons. The number of esters is 1. The number of hydrogen-bond acceptors (Lipinski definition) is 4. The molecule has 100 valence electrons. The van der Waals surface area contributed by atoms with Crippen LogP contribution in [0.25, 0.3) is 0 Å². The van der Waals surface area contributed by atoms with E-state index in [1.54, 1.807) is 0 Å². The molecule has 0 unspecified atom stereocenters. The fourth-order valence-corrected chi connectivity index (χ4v) is 2.34. The Kier molecular flexibility index (Phi) is 5.92. The summed E-state index contributed by atoms with van der Waals surface area (Å²) in [5.41, 5.74) is -0.0330. The summed E-state index contributed by atoms with van der Waals surface area (Å²) in [5, 5.41) is 3.57. The molecule has 0 bridgehead atoms. The summed E-state index contributed by atoms with van der Waals surface area (Å²) in [7, 11) is 2.13. The molecule has 0 amide bonds. The third-order valence-electron chi connectivity index (χ3n) is 3.48. The van der Waals surface area contributed by atoms with Gasteiger partial charge in [0.1, 0.15) is 0 Å². The van der Waals surface area contributed by atoms with Crippen molar-refractivity contribution < 1.29 is 9.53 Å². The summed E-state index contributed by atoms with van der Waals surface area (Å²) in [5.74, 6) is -0.0688. The third kappa shape index (κ3) is 4.64. The molecule has 1 fully saturated rings. The van der Waals surface area contributed by atoms with E-state index in [-0.39, 0.29) is 11.5 Å². The second kappa shape index (κ2) is 6.97. The van der Waals surface area contributed by atoms with Crippen LogP contribution in [0.4, 0.5) is 0 Å². The van der Waals surface area contributed by atoms with Crippen molar-refractivity contribution >= 4 is 5.97 Å². The Morgan fingerprint density at radius 3 is 2.53 bits per heavy atom. The summed E-state index contributed by atoms with van der Waals surface area (Å²) >= 11 is 0. The Balaban J connectivity index is 2.55. The van der Waals surface area contributed by atoms with Crippen molar-refractivity contribution in [3.8, 4) is 0 Å². The van der Waals surface area contributed by atoms with Gasteiger partial charge in [-0.2, -0.15) is 0 Å². The van der Waals surface area contributed by atoms with Crippen LogP contribution in [0.2, 0.25) is 0 Å². The molecule has 0 aromatic rings. The summed E-state index contributed by atoms with van der Waals surface area (Å²) in [4.78, 5) is 14.0. The molecule has 0 aromatic heterocycles. The molecule has 0 spiro atoms. The van der Waals surface area contributed by atoms with E-state index in [1.807, 2.05) is 6.92 Å². The number of ether oxygens (including phenoxy) is 1. The molecule has 0 aliphatic carbocycles. The molecule has 0 aromatic carbocycles. The van der Waals surface area contributed by atoms with Crippen LogP contribution in [0.5, 0.6) is 0 Å². The van der Waals surface area contributed by atoms with Gasteiger partial charge in [0.15, 0.2) is 0 Å². The fraction of sp³-hybridized carbons (Fsp3) is 0.923. The standard InChI is InChI=1S/C13H26N2O2/c1-4-8-14-13(11-12(16)17-5-2)6-9-15(3)10-7-13/h14H,4-11H2,1-3H3. The van der Waals surface area contributed by atoms with E-state index in [2.05, 4.69) is 24.2 Å². The van der Waals surface area contributed by atoms with Gasteiger partial charge in [0.2, 0.25) is 0 Å². The maximum absolute atomic E-state index is 11.7. The van der Waals surface area contributed by atoms with Crippen LogP contribution in [0.15, 0.2) is 0 Å². The highest BCUT2D eigenvalue weighted by Gasteiger charge is 2.35. The highest BCUT2D eigenvalue weighted by atomic mass is 16.5. The van der Waals surface area contributed by atoms with Crippen molar-refractivity contribution in [3.63, 3.8) is 0 Å². The molecule has 1 aliphatic rings. The number of piperidine rings is 1. The summed E-state index contributed by atoms with van der Waals surface area (Å²) in [6.45, 7) is 7.57. The van der Waals surface area contributed by atoms with Crippen LogP contribution in [-0.4, -0.2) is 49.7 Å². The molecule has 1 saturated heterocycles. The number of likely N-dealkylation sites (tertiary alicyclic amines) is 1. The predicted octanol–water partition coefficient (Wildman–Crippen LogP) is 1.40. The van der Waals surface area contributed by atoms with E-state index < -0.39 is 0 Å². The molecule has 1 heterocycles. The number of carbonyl (C=O) groups excluding carboxylic acids is 1. The van der Waals surface area contributed by atoms with Gasteiger partial charge in [0.25, 0.3) is 0 Å². The number of nitrogens with zero attached hydrogens (tertiary/aromatic N) is 1. The molecule has 0 atom stereocenters. The van der Waals surface area contributed by atoms with Gasteiger partial charge >= 0.3 is 5.97 Å². The average molecular weight is 242 g/mol. The first-order valence-electron chi connectivity index (χ1n) is 6.71. The summed E-state index contributed by atoms with van der Waals surface area (Å²) < 4.78 is 5.08. The molecular formula is C13H26N2O2. The molecule has 4 heteroatoms. The van der Waals surface area contributed by atoms with Crippen molar-refractivity contribution in [1.82, 2.24) is 10.2 Å². The Morgan fingerprint density at radius 2 is 2.00 bits per heavy atom. The van der Waals surface area contributed by atoms with Gasteiger partial charge < -0.3 is 15.0 Å². The smallest absolute Gasteiger partial charge is 0.307 e. The Bertz CT molecular complexity index is 230. The predicted molar refractivity (Wildman–Crippen MR) is 69.0 cm³/mol. The topological polar surface area (TPSA) is 41.6 Å². The lowest BCUT2D eigenvalue weighted by atomic mass is 9.84. The molecular weight excluding hydrogens is 216 g/mol. The molecule has 17 heavy (non-hydrogen) atoms. The lowest BCUT2D eigenvalue weighted by Gasteiger charge is -2.41. The van der Waals surface area contributed by atoms with Crippen LogP contribution in [0.3, 0.4) is 0 Å². The Labute approximate surface area is 105 Å². The van der Waals surface area contributed by atoms with E-state index in [9.17, 15) is 4.79 Å². The highest BCUT2D eigenvalue weighted by molar-refractivity contribution is 5.71. The SMILES string of the molecule is CCCNC1(CC(=O)OCC)CCN(C)CC1. The second-order valence-electron chi connectivity index (χ2n) is 4.99. The second-order valence-corrected chi connectivity index (χ2v) is 4.99. The van der Waals surface area contributed by atoms with Gasteiger partial charge in [-0.1, -0.05) is 6.92 Å². The monoisotopic (exact) mass is 242 g/mol. The number of nitrogens with one attached hydrogen (secondary N) is 1. The normalized spacial score (nSPS) is 20.2. The van der Waals surface area contributed by atoms with Crippen LogP contribution >= 0.6 is 0 Å². The van der Waals surface area contributed by atoms with Crippen molar-refractivity contribution in [2.45, 2.75) is 45.1 Å². The fourth-order valence-electron chi connectivity index (χ4n) is 2.34. The quantitative estimate of drug-likeness (QED) is 0.715. The van der Waals surface area contributed by atoms with Gasteiger partial charge in [-0.05, 0) is 52.9 Å². The van der Waals surface area contributed by atoms with E-state index in [0.29, 0.717) is 13.0 Å². The summed E-state index contributed by atoms with van der Waals surface area (Å²) in [6, 6.07) is 0. The minimum atomic E-state index is -0.0688. The van der Waals surface area contributed by atoms with Gasteiger partial charge in [0.05, 0.1) is 13.0 Å². The van der Waals surface area contributed by atoms with Gasteiger partial charge in [-0.25, -0.2) is 0 Å². The van der Waals surface area contributed by atoms with Crippen LogP contribution < -0.4 is 5.32 Å². The van der Waals surface area contributed by atoms with Crippen LogP contribution in [0, 0.1) is 0 Å². The van der Waals surface area contributed by atoms with Crippen molar-refractivity contribution in [2.24, 2.45) is 0 Å². The minimum Gasteiger partial charge on any atom is -0.466 e. The van der Waals surface area contributed by atoms with Crippen LogP contribution in [0.1, 0.15) is 39.5 Å². The number of rotatable bonds is 6. The first-order chi connectivity index (χ1) is 8.12. The number of carbonyl (C=O) groups is 1. The van der Waals surface area contributed by atoms with E-state index >= 15 is 0 Å². The van der Waals surface area contributed by atoms with Crippen molar-refractivity contribution in [1.29, 1.82) is 0 Å². The van der Waals surface area contributed by atoms with E-state index in [0.717, 1.165) is 38.9 Å². The molecule has 0 saturated carbocycles. The zero-order valence-corrected chi connectivity index (χ0v) is 11.4. The maximum atomic E-state index is 11.7. The van der Waals surface area contributed by atoms with Crippen molar-refractivity contribution in [2.75, 3.05) is 33.3 Å². The largest absolute Gasteiger partial charge is 0.466 e. The van der Waals surface area contributed by atoms with E-state index in [4.69, 9.17) is 4.74 Å². The maximum Gasteiger partial charge on any atom is 0.307 e. The molecule has 4 nitrogen and oxygen atoms in total. The first-order valence-corrected chi connectivity index (χ1v) is 6.71. The minimum absolute atomic E-state index is 0.0330. The molecule has 1 aliphatic heterocycles. The zero-order valence-electron chi connectivity index (χ0n) is 11.4. The number of hydrogen-bond donors (Lipinski definition) is 1. The third-order valence-corrected chi connectivity index (χ3v) is 3.48.